The first-order valence-corrected chi connectivity index (χ1v) is 8.23. The minimum Gasteiger partial charge on any atom is -0.490 e. The summed E-state index contributed by atoms with van der Waals surface area (Å²) >= 11 is 6.11. The van der Waals surface area contributed by atoms with Gasteiger partial charge in [-0.25, -0.2) is 4.98 Å². The van der Waals surface area contributed by atoms with Gasteiger partial charge in [0.25, 0.3) is 0 Å². The van der Waals surface area contributed by atoms with Crippen molar-refractivity contribution in [1.82, 2.24) is 15.0 Å². The average Bonchev–Trinajstić information content (AvgIpc) is 2.52. The monoisotopic (exact) mass is 334 g/mol. The molecule has 23 heavy (non-hydrogen) atoms. The minimum absolute atomic E-state index is 0.0908. The number of halogens is 1. The van der Waals surface area contributed by atoms with Crippen LogP contribution in [-0.2, 0) is 0 Å². The summed E-state index contributed by atoms with van der Waals surface area (Å²) in [6.07, 6.45) is 0.881. The van der Waals surface area contributed by atoms with Gasteiger partial charge in [0.2, 0.25) is 5.95 Å². The Hall–Kier alpha value is -1.88. The Morgan fingerprint density at radius 2 is 1.91 bits per heavy atom. The third kappa shape index (κ3) is 5.06. The van der Waals surface area contributed by atoms with Gasteiger partial charge in [0.1, 0.15) is 24.0 Å². The summed E-state index contributed by atoms with van der Waals surface area (Å²) < 4.78 is 5.80. The Kier molecular flexibility index (Phi) is 6.16. The lowest BCUT2D eigenvalue weighted by Crippen LogP contribution is -2.28. The van der Waals surface area contributed by atoms with Gasteiger partial charge in [-0.3, -0.25) is 0 Å². The molecule has 0 aliphatic carbocycles. The maximum Gasteiger partial charge on any atom is 0.226 e. The molecule has 1 N–H and O–H groups in total. The number of nitrogens with zero attached hydrogens (tertiary/aromatic N) is 3. The van der Waals surface area contributed by atoms with Gasteiger partial charge in [0, 0.05) is 5.92 Å². The van der Waals surface area contributed by atoms with Crippen LogP contribution in [0, 0.1) is 6.92 Å². The fraction of sp³-hybridized carbons (Fsp3) is 0.471. The second-order valence-corrected chi connectivity index (χ2v) is 6.12. The molecule has 124 valence electrons. The van der Waals surface area contributed by atoms with Crippen LogP contribution in [0.15, 0.2) is 24.3 Å². The number of nitrogens with one attached hydrogen (secondary N) is 1. The first kappa shape index (κ1) is 17.5. The van der Waals surface area contributed by atoms with Gasteiger partial charge < -0.3 is 10.1 Å². The summed E-state index contributed by atoms with van der Waals surface area (Å²) in [4.78, 5) is 13.2. The van der Waals surface area contributed by atoms with Crippen LogP contribution in [0.3, 0.4) is 0 Å². The predicted octanol–water partition coefficient (Wildman–Crippen LogP) is 4.23. The Balaban J connectivity index is 2.03. The van der Waals surface area contributed by atoms with Gasteiger partial charge in [-0.1, -0.05) is 44.5 Å². The number of hydrogen-bond acceptors (Lipinski definition) is 5. The standard InChI is InChI=1S/C17H23ClN4O/c1-5-13(10-23-15-9-7-6-8-14(15)18)21-17-20-12(4)19-16(22-17)11(2)3/h6-9,11,13H,5,10H2,1-4H3,(H,19,20,21,22). The van der Waals surface area contributed by atoms with Crippen LogP contribution in [0.5, 0.6) is 5.75 Å². The smallest absolute Gasteiger partial charge is 0.226 e. The van der Waals surface area contributed by atoms with Crippen molar-refractivity contribution in [2.24, 2.45) is 0 Å². The number of ether oxygens (including phenoxy) is 1. The van der Waals surface area contributed by atoms with Gasteiger partial charge >= 0.3 is 0 Å². The molecular formula is C17H23ClN4O. The molecular weight excluding hydrogens is 312 g/mol. The fourth-order valence-corrected chi connectivity index (χ4v) is 2.21. The normalized spacial score (nSPS) is 12.3. The highest BCUT2D eigenvalue weighted by molar-refractivity contribution is 6.32. The van der Waals surface area contributed by atoms with Crippen molar-refractivity contribution in [3.63, 3.8) is 0 Å². The molecule has 0 aliphatic heterocycles. The van der Waals surface area contributed by atoms with Crippen molar-refractivity contribution in [2.45, 2.75) is 46.1 Å². The fourth-order valence-electron chi connectivity index (χ4n) is 2.02. The molecule has 2 aromatic rings. The molecule has 5 nitrogen and oxygen atoms in total. The van der Waals surface area contributed by atoms with E-state index in [1.165, 1.54) is 0 Å². The number of aryl methyl sites for hydroxylation is 1. The molecule has 1 aromatic heterocycles. The van der Waals surface area contributed by atoms with E-state index in [0.717, 1.165) is 12.2 Å². The topological polar surface area (TPSA) is 59.9 Å². The van der Waals surface area contributed by atoms with Crippen LogP contribution in [0.25, 0.3) is 0 Å². The van der Waals surface area contributed by atoms with Crippen LogP contribution in [-0.4, -0.2) is 27.6 Å². The maximum atomic E-state index is 6.11. The van der Waals surface area contributed by atoms with Crippen molar-refractivity contribution in [1.29, 1.82) is 0 Å². The molecule has 0 saturated heterocycles. The van der Waals surface area contributed by atoms with E-state index in [4.69, 9.17) is 16.3 Å². The van der Waals surface area contributed by atoms with Crippen molar-refractivity contribution in [3.05, 3.63) is 40.9 Å². The molecule has 1 heterocycles. The summed E-state index contributed by atoms with van der Waals surface area (Å²) in [5, 5.41) is 3.94. The summed E-state index contributed by atoms with van der Waals surface area (Å²) in [5.41, 5.74) is 0. The number of para-hydroxylation sites is 1. The summed E-state index contributed by atoms with van der Waals surface area (Å²) in [5.74, 6) is 3.05. The number of hydrogen-bond donors (Lipinski definition) is 1. The van der Waals surface area contributed by atoms with E-state index in [-0.39, 0.29) is 12.0 Å². The van der Waals surface area contributed by atoms with Crippen molar-refractivity contribution >= 4 is 17.5 Å². The van der Waals surface area contributed by atoms with Crippen molar-refractivity contribution < 1.29 is 4.74 Å². The molecule has 0 fully saturated rings. The highest BCUT2D eigenvalue weighted by atomic mass is 35.5. The van der Waals surface area contributed by atoms with Crippen LogP contribution in [0.1, 0.15) is 44.8 Å². The summed E-state index contributed by atoms with van der Waals surface area (Å²) in [7, 11) is 0. The van der Waals surface area contributed by atoms with Crippen molar-refractivity contribution in [3.8, 4) is 5.75 Å². The van der Waals surface area contributed by atoms with Gasteiger partial charge in [-0.15, -0.1) is 0 Å². The Morgan fingerprint density at radius 3 is 2.57 bits per heavy atom. The van der Waals surface area contributed by atoms with E-state index in [2.05, 4.69) is 41.0 Å². The SMILES string of the molecule is CCC(COc1ccccc1Cl)Nc1nc(C)nc(C(C)C)n1. The molecule has 1 aromatic carbocycles. The molecule has 2 rings (SSSR count). The maximum absolute atomic E-state index is 6.11. The largest absolute Gasteiger partial charge is 0.490 e. The van der Waals surface area contributed by atoms with Crippen LogP contribution in [0.2, 0.25) is 5.02 Å². The lowest BCUT2D eigenvalue weighted by molar-refractivity contribution is 0.293. The van der Waals surface area contributed by atoms with Crippen molar-refractivity contribution in [2.75, 3.05) is 11.9 Å². The second kappa shape index (κ2) is 8.11. The van der Waals surface area contributed by atoms with Gasteiger partial charge in [0.05, 0.1) is 11.1 Å². The van der Waals surface area contributed by atoms with Gasteiger partial charge in [-0.2, -0.15) is 9.97 Å². The van der Waals surface area contributed by atoms with Crippen LogP contribution < -0.4 is 10.1 Å². The average molecular weight is 335 g/mol. The van der Waals surface area contributed by atoms with E-state index < -0.39 is 0 Å². The summed E-state index contributed by atoms with van der Waals surface area (Å²) in [6, 6.07) is 7.55. The number of rotatable bonds is 7. The predicted molar refractivity (Wildman–Crippen MR) is 93.3 cm³/mol. The molecule has 0 spiro atoms. The quantitative estimate of drug-likeness (QED) is 0.821. The first-order chi connectivity index (χ1) is 11.0. The molecule has 1 unspecified atom stereocenters. The van der Waals surface area contributed by atoms with E-state index >= 15 is 0 Å². The van der Waals surface area contributed by atoms with E-state index in [1.807, 2.05) is 31.2 Å². The first-order valence-electron chi connectivity index (χ1n) is 7.86. The highest BCUT2D eigenvalue weighted by Gasteiger charge is 2.13. The van der Waals surface area contributed by atoms with Gasteiger partial charge in [-0.05, 0) is 25.5 Å². The zero-order valence-corrected chi connectivity index (χ0v) is 14.8. The van der Waals surface area contributed by atoms with E-state index in [1.54, 1.807) is 0 Å². The van der Waals surface area contributed by atoms with E-state index in [0.29, 0.717) is 29.2 Å². The number of benzene rings is 1. The lowest BCUT2D eigenvalue weighted by Gasteiger charge is -2.19. The number of aromatic nitrogens is 3. The molecule has 0 bridgehead atoms. The molecule has 0 saturated carbocycles. The lowest BCUT2D eigenvalue weighted by atomic mass is 10.2. The minimum atomic E-state index is 0.0908. The second-order valence-electron chi connectivity index (χ2n) is 5.71. The Bertz CT molecular complexity index is 648. The number of anilines is 1. The molecule has 1 atom stereocenters. The highest BCUT2D eigenvalue weighted by Crippen LogP contribution is 2.23. The zero-order chi connectivity index (χ0) is 16.8. The summed E-state index contributed by atoms with van der Waals surface area (Å²) in [6.45, 7) is 8.58. The van der Waals surface area contributed by atoms with Crippen LogP contribution >= 0.6 is 11.6 Å². The molecule has 0 amide bonds. The zero-order valence-electron chi connectivity index (χ0n) is 14.0. The molecule has 0 radical (unpaired) electrons. The molecule has 0 aliphatic rings. The Labute approximate surface area is 142 Å². The molecule has 6 heteroatoms. The van der Waals surface area contributed by atoms with Gasteiger partial charge in [0.15, 0.2) is 0 Å². The van der Waals surface area contributed by atoms with Crippen LogP contribution in [0.4, 0.5) is 5.95 Å². The third-order valence-corrected chi connectivity index (χ3v) is 3.70. The Morgan fingerprint density at radius 1 is 1.17 bits per heavy atom. The van der Waals surface area contributed by atoms with E-state index in [9.17, 15) is 0 Å². The third-order valence-electron chi connectivity index (χ3n) is 3.38.